The average Bonchev–Trinajstić information content (AvgIpc) is 2.50. The van der Waals surface area contributed by atoms with Crippen molar-refractivity contribution in [3.63, 3.8) is 0 Å². The van der Waals surface area contributed by atoms with E-state index in [4.69, 9.17) is 9.47 Å². The largest absolute Gasteiger partial charge is 0.507 e. The summed E-state index contributed by atoms with van der Waals surface area (Å²) in [6, 6.07) is 8.76. The molecule has 118 valence electrons. The van der Waals surface area contributed by atoms with Crippen LogP contribution in [0.15, 0.2) is 30.3 Å². The van der Waals surface area contributed by atoms with Crippen LogP contribution in [-0.2, 0) is 4.79 Å². The summed E-state index contributed by atoms with van der Waals surface area (Å²) in [5.41, 5.74) is 0. The summed E-state index contributed by atoms with van der Waals surface area (Å²) >= 11 is 0. The number of fused-ring (bicyclic) bond motifs is 1. The molecule has 2 aromatic carbocycles. The van der Waals surface area contributed by atoms with E-state index < -0.39 is 5.97 Å². The lowest BCUT2D eigenvalue weighted by molar-refractivity contribution is -0.131. The van der Waals surface area contributed by atoms with Gasteiger partial charge in [-0.15, -0.1) is 0 Å². The van der Waals surface area contributed by atoms with Crippen LogP contribution in [0.4, 0.5) is 0 Å². The molecule has 0 amide bonds. The second-order valence-corrected chi connectivity index (χ2v) is 5.27. The van der Waals surface area contributed by atoms with Crippen LogP contribution in [0.3, 0.4) is 0 Å². The molecule has 0 saturated carbocycles. The van der Waals surface area contributed by atoms with Crippen LogP contribution in [0.2, 0.25) is 0 Å². The predicted octanol–water partition coefficient (Wildman–Crippen LogP) is 4.43. The van der Waals surface area contributed by atoms with Crippen molar-refractivity contribution in [3.05, 3.63) is 30.3 Å². The fourth-order valence-corrected chi connectivity index (χ4v) is 2.37. The molecule has 2 aromatic rings. The molecule has 4 nitrogen and oxygen atoms in total. The van der Waals surface area contributed by atoms with Crippen LogP contribution in [0, 0.1) is 0 Å². The van der Waals surface area contributed by atoms with E-state index in [-0.39, 0.29) is 5.75 Å². The molecule has 0 bridgehead atoms. The molecule has 0 aliphatic heterocycles. The van der Waals surface area contributed by atoms with Gasteiger partial charge in [-0.1, -0.05) is 50.5 Å². The molecule has 22 heavy (non-hydrogen) atoms. The lowest BCUT2D eigenvalue weighted by atomic mass is 10.1. The molecule has 0 unspecified atom stereocenters. The number of ether oxygens (including phenoxy) is 2. The van der Waals surface area contributed by atoms with Gasteiger partial charge < -0.3 is 14.6 Å². The minimum Gasteiger partial charge on any atom is -0.507 e. The van der Waals surface area contributed by atoms with Crippen LogP contribution >= 0.6 is 0 Å². The number of benzene rings is 2. The van der Waals surface area contributed by atoms with Gasteiger partial charge >= 0.3 is 5.97 Å². The molecule has 1 N–H and O–H groups in total. The Morgan fingerprint density at radius 1 is 1.14 bits per heavy atom. The Morgan fingerprint density at radius 2 is 1.86 bits per heavy atom. The van der Waals surface area contributed by atoms with Crippen LogP contribution in [-0.4, -0.2) is 17.7 Å². The minimum atomic E-state index is -0.410. The van der Waals surface area contributed by atoms with Gasteiger partial charge in [-0.3, -0.25) is 4.79 Å². The summed E-state index contributed by atoms with van der Waals surface area (Å²) in [6.45, 7) is 4.04. The first-order valence-electron chi connectivity index (χ1n) is 7.69. The maximum Gasteiger partial charge on any atom is 0.308 e. The second kappa shape index (κ2) is 7.69. The lowest BCUT2D eigenvalue weighted by Gasteiger charge is -2.14. The summed E-state index contributed by atoms with van der Waals surface area (Å²) in [5, 5.41) is 11.4. The summed E-state index contributed by atoms with van der Waals surface area (Å²) in [7, 11) is 0. The maximum atomic E-state index is 11.4. The van der Waals surface area contributed by atoms with Crippen molar-refractivity contribution < 1.29 is 19.4 Å². The van der Waals surface area contributed by atoms with Crippen molar-refractivity contribution in [3.8, 4) is 17.2 Å². The normalized spacial score (nSPS) is 10.6. The molecular formula is C18H22O4. The molecule has 0 radical (unpaired) electrons. The summed E-state index contributed by atoms with van der Waals surface area (Å²) < 4.78 is 11.1. The zero-order valence-corrected chi connectivity index (χ0v) is 13.1. The number of phenolic OH excluding ortho intramolecular Hbond substituents is 1. The molecule has 0 heterocycles. The fourth-order valence-electron chi connectivity index (χ4n) is 2.37. The molecule has 0 saturated heterocycles. The lowest BCUT2D eigenvalue weighted by Crippen LogP contribution is -2.06. The molecule has 0 fully saturated rings. The highest BCUT2D eigenvalue weighted by molar-refractivity contribution is 5.96. The molecular weight excluding hydrogens is 280 g/mol. The Labute approximate surface area is 130 Å². The van der Waals surface area contributed by atoms with Crippen molar-refractivity contribution >= 4 is 16.7 Å². The topological polar surface area (TPSA) is 55.8 Å². The zero-order valence-electron chi connectivity index (χ0n) is 13.1. The quantitative estimate of drug-likeness (QED) is 0.467. The zero-order chi connectivity index (χ0) is 15.9. The Morgan fingerprint density at radius 3 is 2.55 bits per heavy atom. The van der Waals surface area contributed by atoms with Gasteiger partial charge in [0.2, 0.25) is 0 Å². The first-order valence-corrected chi connectivity index (χ1v) is 7.69. The molecule has 0 aromatic heterocycles. The number of esters is 1. The van der Waals surface area contributed by atoms with Gasteiger partial charge in [0.25, 0.3) is 0 Å². The number of aromatic hydroxyl groups is 1. The van der Waals surface area contributed by atoms with Crippen LogP contribution in [0.1, 0.15) is 39.5 Å². The van der Waals surface area contributed by atoms with Crippen molar-refractivity contribution in [2.75, 3.05) is 6.61 Å². The Hall–Kier alpha value is -2.23. The number of carbonyl (C=O) groups excluding carboxylic acids is 1. The van der Waals surface area contributed by atoms with Gasteiger partial charge in [0.1, 0.15) is 5.75 Å². The Balaban J connectivity index is 2.28. The third kappa shape index (κ3) is 3.91. The first-order chi connectivity index (χ1) is 10.6. The number of unbranched alkanes of at least 4 members (excludes halogenated alkanes) is 3. The summed E-state index contributed by atoms with van der Waals surface area (Å²) in [5.74, 6) is 0.487. The predicted molar refractivity (Wildman–Crippen MR) is 86.6 cm³/mol. The highest BCUT2D eigenvalue weighted by Crippen LogP contribution is 2.41. The first kappa shape index (κ1) is 16.1. The number of hydrogen-bond donors (Lipinski definition) is 1. The number of rotatable bonds is 7. The summed E-state index contributed by atoms with van der Waals surface area (Å²) in [4.78, 5) is 11.4. The highest BCUT2D eigenvalue weighted by Gasteiger charge is 2.15. The van der Waals surface area contributed by atoms with Gasteiger partial charge in [0, 0.05) is 23.8 Å². The SMILES string of the molecule is CCCCCCOc1cc(O)c2ccccc2c1OC(C)=O. The second-order valence-electron chi connectivity index (χ2n) is 5.27. The number of carbonyl (C=O) groups is 1. The maximum absolute atomic E-state index is 11.4. The molecule has 0 aliphatic carbocycles. The van der Waals surface area contributed by atoms with E-state index in [9.17, 15) is 9.90 Å². The van der Waals surface area contributed by atoms with Crippen LogP contribution < -0.4 is 9.47 Å². The Kier molecular flexibility index (Phi) is 5.64. The van der Waals surface area contributed by atoms with Gasteiger partial charge in [-0.2, -0.15) is 0 Å². The van der Waals surface area contributed by atoms with Crippen molar-refractivity contribution in [1.82, 2.24) is 0 Å². The van der Waals surface area contributed by atoms with Gasteiger partial charge in [0.15, 0.2) is 11.5 Å². The average molecular weight is 302 g/mol. The third-order valence-electron chi connectivity index (χ3n) is 3.44. The van der Waals surface area contributed by atoms with Gasteiger partial charge in [0.05, 0.1) is 6.61 Å². The van der Waals surface area contributed by atoms with E-state index in [2.05, 4.69) is 6.92 Å². The van der Waals surface area contributed by atoms with Crippen molar-refractivity contribution in [1.29, 1.82) is 0 Å². The standard InChI is InChI=1S/C18H22O4/c1-3-4-5-8-11-21-17-12-16(20)14-9-6-7-10-15(14)18(17)22-13(2)19/h6-7,9-10,12,20H,3-5,8,11H2,1-2H3. The molecule has 0 spiro atoms. The monoisotopic (exact) mass is 302 g/mol. The highest BCUT2D eigenvalue weighted by atomic mass is 16.6. The number of hydrogen-bond acceptors (Lipinski definition) is 4. The van der Waals surface area contributed by atoms with Crippen LogP contribution in [0.5, 0.6) is 17.2 Å². The van der Waals surface area contributed by atoms with Gasteiger partial charge in [-0.25, -0.2) is 0 Å². The smallest absolute Gasteiger partial charge is 0.308 e. The van der Waals surface area contributed by atoms with E-state index >= 15 is 0 Å². The molecule has 0 aliphatic rings. The molecule has 0 atom stereocenters. The molecule has 4 heteroatoms. The van der Waals surface area contributed by atoms with E-state index in [1.54, 1.807) is 12.1 Å². The summed E-state index contributed by atoms with van der Waals surface area (Å²) in [6.07, 6.45) is 4.36. The van der Waals surface area contributed by atoms with Crippen molar-refractivity contribution in [2.45, 2.75) is 39.5 Å². The van der Waals surface area contributed by atoms with E-state index in [1.165, 1.54) is 19.4 Å². The molecule has 2 rings (SSSR count). The van der Waals surface area contributed by atoms with Crippen LogP contribution in [0.25, 0.3) is 10.8 Å². The number of phenols is 1. The van der Waals surface area contributed by atoms with E-state index in [1.807, 2.05) is 12.1 Å². The van der Waals surface area contributed by atoms with E-state index in [0.717, 1.165) is 19.3 Å². The van der Waals surface area contributed by atoms with Crippen molar-refractivity contribution in [2.24, 2.45) is 0 Å². The minimum absolute atomic E-state index is 0.120. The third-order valence-corrected chi connectivity index (χ3v) is 3.44. The van der Waals surface area contributed by atoms with Gasteiger partial charge in [-0.05, 0) is 6.42 Å². The fraction of sp³-hybridized carbons (Fsp3) is 0.389. The Bertz CT molecular complexity index is 649. The van der Waals surface area contributed by atoms with E-state index in [0.29, 0.717) is 28.9 Å².